The zero-order chi connectivity index (χ0) is 18.6. The first-order chi connectivity index (χ1) is 13.2. The highest BCUT2D eigenvalue weighted by atomic mass is 32.1. The summed E-state index contributed by atoms with van der Waals surface area (Å²) in [5, 5.41) is 13.6. The Morgan fingerprint density at radius 2 is 1.93 bits per heavy atom. The Bertz CT molecular complexity index is 942. The van der Waals surface area contributed by atoms with Gasteiger partial charge in [-0.1, -0.05) is 18.2 Å². The summed E-state index contributed by atoms with van der Waals surface area (Å²) in [6.07, 6.45) is 1.59. The van der Waals surface area contributed by atoms with Crippen LogP contribution < -0.4 is 15.9 Å². The highest BCUT2D eigenvalue weighted by Crippen LogP contribution is 2.14. The number of hydrogen-bond donors (Lipinski definition) is 2. The number of benzene rings is 1. The zero-order valence-corrected chi connectivity index (χ0v) is 15.6. The van der Waals surface area contributed by atoms with Crippen molar-refractivity contribution in [3.8, 4) is 5.00 Å². The minimum atomic E-state index is -0.228. The van der Waals surface area contributed by atoms with Crippen molar-refractivity contribution in [2.45, 2.75) is 19.5 Å². The monoisotopic (exact) mass is 385 g/mol. The lowest BCUT2D eigenvalue weighted by molar-refractivity contribution is -0.929. The highest BCUT2D eigenvalue weighted by Gasteiger charge is 2.28. The number of aromatic nitrogens is 4. The predicted octanol–water partition coefficient (Wildman–Crippen LogP) is 0.382. The molecule has 2 N–H and O–H groups in total. The van der Waals surface area contributed by atoms with E-state index in [1.807, 2.05) is 47.8 Å². The van der Waals surface area contributed by atoms with Crippen LogP contribution in [0.4, 0.5) is 5.69 Å². The molecule has 27 heavy (non-hydrogen) atoms. The summed E-state index contributed by atoms with van der Waals surface area (Å²) in [6.45, 7) is 2.12. The van der Waals surface area contributed by atoms with Crippen molar-refractivity contribution in [2.24, 2.45) is 5.92 Å². The van der Waals surface area contributed by atoms with Gasteiger partial charge in [0.25, 0.3) is 0 Å². The SMILES string of the molecule is O=C(Nc1ccccc1)C1CC[NH+](Cn2nnn(-c3cccs3)c2=O)CC1. The summed E-state index contributed by atoms with van der Waals surface area (Å²) in [4.78, 5) is 26.1. The third kappa shape index (κ3) is 3.99. The molecule has 1 fully saturated rings. The number of quaternary nitrogens is 1. The molecule has 1 amide bonds. The number of anilines is 1. The average Bonchev–Trinajstić information content (AvgIpc) is 3.34. The second-order valence-electron chi connectivity index (χ2n) is 6.66. The molecule has 0 radical (unpaired) electrons. The molecule has 0 spiro atoms. The minimum absolute atomic E-state index is 0.00693. The molecule has 8 nitrogen and oxygen atoms in total. The first kappa shape index (κ1) is 17.6. The number of para-hydroxylation sites is 1. The standard InChI is InChI=1S/C18H20N6O2S/c25-17(19-15-5-2-1-3-6-15)14-8-10-22(11-9-14)13-23-18(26)24(21-20-23)16-7-4-12-27-16/h1-7,12,14H,8-11,13H2,(H,19,25)/p+1. The molecular weight excluding hydrogens is 364 g/mol. The normalized spacial score (nSPS) is 19.7. The van der Waals surface area contributed by atoms with Crippen LogP contribution in [0.1, 0.15) is 12.8 Å². The Hall–Kier alpha value is -2.78. The van der Waals surface area contributed by atoms with Crippen LogP contribution in [0.2, 0.25) is 0 Å². The number of nitrogens with one attached hydrogen (secondary N) is 2. The topological polar surface area (TPSA) is 86.2 Å². The number of rotatable bonds is 5. The maximum Gasteiger partial charge on any atom is 0.374 e. The van der Waals surface area contributed by atoms with E-state index < -0.39 is 0 Å². The van der Waals surface area contributed by atoms with Crippen molar-refractivity contribution in [2.75, 3.05) is 18.4 Å². The maximum absolute atomic E-state index is 12.4. The first-order valence-electron chi connectivity index (χ1n) is 8.97. The highest BCUT2D eigenvalue weighted by molar-refractivity contribution is 7.12. The summed E-state index contributed by atoms with van der Waals surface area (Å²) in [5.41, 5.74) is 0.600. The van der Waals surface area contributed by atoms with Crippen molar-refractivity contribution in [3.05, 3.63) is 58.3 Å². The van der Waals surface area contributed by atoms with Crippen molar-refractivity contribution in [3.63, 3.8) is 0 Å². The molecule has 3 heterocycles. The van der Waals surface area contributed by atoms with E-state index in [0.29, 0.717) is 6.67 Å². The van der Waals surface area contributed by atoms with E-state index in [2.05, 4.69) is 15.7 Å². The molecular formula is C18H21N6O2S+. The lowest BCUT2D eigenvalue weighted by atomic mass is 9.96. The molecule has 4 rings (SSSR count). The number of likely N-dealkylation sites (tertiary alicyclic amines) is 1. The fourth-order valence-electron chi connectivity index (χ4n) is 3.33. The zero-order valence-electron chi connectivity index (χ0n) is 14.7. The number of amides is 1. The first-order valence-corrected chi connectivity index (χ1v) is 9.85. The Labute approximate surface area is 160 Å². The molecule has 1 aliphatic rings. The van der Waals surface area contributed by atoms with Gasteiger partial charge in [0.2, 0.25) is 5.91 Å². The second kappa shape index (κ2) is 7.85. The number of hydrogen-bond acceptors (Lipinski definition) is 5. The van der Waals surface area contributed by atoms with Gasteiger partial charge in [0.15, 0.2) is 6.67 Å². The largest absolute Gasteiger partial charge is 0.374 e. The maximum atomic E-state index is 12.4. The quantitative estimate of drug-likeness (QED) is 0.665. The summed E-state index contributed by atoms with van der Waals surface area (Å²) in [7, 11) is 0. The molecule has 0 saturated carbocycles. The van der Waals surface area contributed by atoms with E-state index >= 15 is 0 Å². The van der Waals surface area contributed by atoms with Gasteiger partial charge in [-0.15, -0.1) is 20.7 Å². The lowest BCUT2D eigenvalue weighted by Gasteiger charge is -2.28. The van der Waals surface area contributed by atoms with Gasteiger partial charge in [-0.05, 0) is 40.1 Å². The van der Waals surface area contributed by atoms with Gasteiger partial charge in [-0.25, -0.2) is 4.79 Å². The molecule has 0 aliphatic carbocycles. The number of piperidine rings is 1. The minimum Gasteiger partial charge on any atom is -0.326 e. The van der Waals surface area contributed by atoms with Crippen molar-refractivity contribution >= 4 is 22.9 Å². The van der Waals surface area contributed by atoms with Crippen LogP contribution in [-0.4, -0.2) is 38.8 Å². The molecule has 1 aliphatic heterocycles. The van der Waals surface area contributed by atoms with Crippen LogP contribution in [0.15, 0.2) is 52.6 Å². The van der Waals surface area contributed by atoms with Crippen LogP contribution in [0, 0.1) is 5.92 Å². The Morgan fingerprint density at radius 1 is 1.15 bits per heavy atom. The number of carbonyl (C=O) groups is 1. The van der Waals surface area contributed by atoms with Gasteiger partial charge >= 0.3 is 5.69 Å². The molecule has 3 aromatic rings. The Kier molecular flexibility index (Phi) is 5.12. The lowest BCUT2D eigenvalue weighted by Crippen LogP contribution is -3.12. The smallest absolute Gasteiger partial charge is 0.326 e. The third-order valence-electron chi connectivity index (χ3n) is 4.83. The fraction of sp³-hybridized carbons (Fsp3) is 0.333. The number of nitrogens with zero attached hydrogens (tertiary/aromatic N) is 4. The van der Waals surface area contributed by atoms with Gasteiger partial charge in [0, 0.05) is 24.4 Å². The fourth-order valence-corrected chi connectivity index (χ4v) is 3.99. The third-order valence-corrected chi connectivity index (χ3v) is 5.68. The summed E-state index contributed by atoms with van der Waals surface area (Å²) in [5.74, 6) is 0.0773. The van der Waals surface area contributed by atoms with Gasteiger partial charge < -0.3 is 10.2 Å². The molecule has 1 aromatic carbocycles. The van der Waals surface area contributed by atoms with Gasteiger partial charge in [0.05, 0.1) is 13.1 Å². The van der Waals surface area contributed by atoms with Gasteiger partial charge in [0.1, 0.15) is 5.00 Å². The van der Waals surface area contributed by atoms with Crippen molar-refractivity contribution in [1.29, 1.82) is 0 Å². The van der Waals surface area contributed by atoms with E-state index in [9.17, 15) is 9.59 Å². The van der Waals surface area contributed by atoms with Crippen molar-refractivity contribution in [1.82, 2.24) is 19.8 Å². The molecule has 1 saturated heterocycles. The Balaban J connectivity index is 1.32. The predicted molar refractivity (Wildman–Crippen MR) is 102 cm³/mol. The van der Waals surface area contributed by atoms with E-state index in [1.165, 1.54) is 25.6 Å². The Morgan fingerprint density at radius 3 is 2.63 bits per heavy atom. The molecule has 9 heteroatoms. The van der Waals surface area contributed by atoms with Crippen LogP contribution in [0.25, 0.3) is 5.00 Å². The number of thiophene rings is 1. The number of tetrazole rings is 1. The van der Waals surface area contributed by atoms with Crippen LogP contribution >= 0.6 is 11.3 Å². The van der Waals surface area contributed by atoms with Gasteiger partial charge in [-0.3, -0.25) is 4.79 Å². The second-order valence-corrected chi connectivity index (χ2v) is 7.59. The summed E-state index contributed by atoms with van der Waals surface area (Å²) >= 11 is 1.45. The van der Waals surface area contributed by atoms with Crippen LogP contribution in [-0.2, 0) is 11.5 Å². The summed E-state index contributed by atoms with van der Waals surface area (Å²) < 4.78 is 2.73. The average molecular weight is 385 g/mol. The molecule has 140 valence electrons. The molecule has 0 atom stereocenters. The molecule has 0 bridgehead atoms. The number of carbonyl (C=O) groups excluding carboxylic acids is 1. The van der Waals surface area contributed by atoms with E-state index in [-0.39, 0.29) is 17.5 Å². The van der Waals surface area contributed by atoms with E-state index in [1.54, 1.807) is 0 Å². The molecule has 2 aromatic heterocycles. The van der Waals surface area contributed by atoms with E-state index in [0.717, 1.165) is 36.6 Å². The van der Waals surface area contributed by atoms with E-state index in [4.69, 9.17) is 0 Å². The van der Waals surface area contributed by atoms with Crippen LogP contribution in [0.5, 0.6) is 0 Å². The molecule has 0 unspecified atom stereocenters. The summed E-state index contributed by atoms with van der Waals surface area (Å²) in [6, 6.07) is 13.2. The van der Waals surface area contributed by atoms with Crippen molar-refractivity contribution < 1.29 is 9.69 Å². The van der Waals surface area contributed by atoms with Crippen LogP contribution in [0.3, 0.4) is 0 Å². The van der Waals surface area contributed by atoms with Gasteiger partial charge in [-0.2, -0.15) is 0 Å².